The molecule has 1 unspecified atom stereocenters. The average molecular weight is 327 g/mol. The van der Waals surface area contributed by atoms with Gasteiger partial charge < -0.3 is 9.52 Å². The van der Waals surface area contributed by atoms with E-state index in [2.05, 4.69) is 11.8 Å². The Kier molecular flexibility index (Phi) is 4.09. The van der Waals surface area contributed by atoms with Crippen LogP contribution < -0.4 is 5.63 Å². The SMILES string of the molecule is CCC1CCCCN1Cc1c(O)ccc2c3c(c(=O)oc12)CCC3. The number of nitrogens with zero attached hydrogens (tertiary/aromatic N) is 1. The van der Waals surface area contributed by atoms with Crippen molar-refractivity contribution in [1.82, 2.24) is 4.90 Å². The van der Waals surface area contributed by atoms with E-state index in [9.17, 15) is 9.90 Å². The predicted molar refractivity (Wildman–Crippen MR) is 94.5 cm³/mol. The maximum absolute atomic E-state index is 12.3. The monoisotopic (exact) mass is 327 g/mol. The predicted octanol–water partition coefficient (Wildman–Crippen LogP) is 3.75. The first kappa shape index (κ1) is 15.7. The largest absolute Gasteiger partial charge is 0.507 e. The van der Waals surface area contributed by atoms with Gasteiger partial charge in [0.25, 0.3) is 0 Å². The van der Waals surface area contributed by atoms with Gasteiger partial charge >= 0.3 is 5.63 Å². The van der Waals surface area contributed by atoms with Crippen molar-refractivity contribution >= 4 is 11.0 Å². The maximum atomic E-state index is 12.3. The Bertz CT molecular complexity index is 824. The molecule has 1 aromatic carbocycles. The van der Waals surface area contributed by atoms with Gasteiger partial charge in [-0.05, 0) is 62.8 Å². The first-order chi connectivity index (χ1) is 11.7. The standard InChI is InChI=1S/C20H25NO3/c1-2-13-6-3-4-11-21(13)12-17-18(22)10-9-15-14-7-5-8-16(14)20(23)24-19(15)17/h9-10,13,22H,2-8,11-12H2,1H3. The lowest BCUT2D eigenvalue weighted by molar-refractivity contribution is 0.135. The molecule has 0 bridgehead atoms. The normalized spacial score (nSPS) is 21.3. The third-order valence-electron chi connectivity index (χ3n) is 5.80. The van der Waals surface area contributed by atoms with Crippen LogP contribution in [0.1, 0.15) is 55.7 Å². The molecule has 1 fully saturated rings. The zero-order valence-electron chi connectivity index (χ0n) is 14.3. The van der Waals surface area contributed by atoms with E-state index in [1.807, 2.05) is 6.07 Å². The Balaban J connectivity index is 1.81. The molecular weight excluding hydrogens is 302 g/mol. The summed E-state index contributed by atoms with van der Waals surface area (Å²) >= 11 is 0. The zero-order valence-corrected chi connectivity index (χ0v) is 14.3. The molecule has 4 heteroatoms. The molecule has 1 aliphatic heterocycles. The highest BCUT2D eigenvalue weighted by atomic mass is 16.4. The Hall–Kier alpha value is -1.81. The lowest BCUT2D eigenvalue weighted by Gasteiger charge is -2.35. The number of aryl methyl sites for hydroxylation is 1. The van der Waals surface area contributed by atoms with Crippen LogP contribution in [0.5, 0.6) is 5.75 Å². The molecule has 4 rings (SSSR count). The minimum absolute atomic E-state index is 0.215. The molecular formula is C20H25NO3. The molecule has 1 saturated heterocycles. The topological polar surface area (TPSA) is 53.7 Å². The molecule has 0 spiro atoms. The summed E-state index contributed by atoms with van der Waals surface area (Å²) in [4.78, 5) is 14.8. The second kappa shape index (κ2) is 6.25. The van der Waals surface area contributed by atoms with Gasteiger partial charge in [-0.3, -0.25) is 4.90 Å². The van der Waals surface area contributed by atoms with E-state index in [4.69, 9.17) is 4.42 Å². The van der Waals surface area contributed by atoms with Crippen molar-refractivity contribution in [3.63, 3.8) is 0 Å². The first-order valence-electron chi connectivity index (χ1n) is 9.22. The third kappa shape index (κ3) is 2.53. The number of hydrogen-bond donors (Lipinski definition) is 1. The van der Waals surface area contributed by atoms with E-state index in [-0.39, 0.29) is 11.4 Å². The molecule has 2 heterocycles. The molecule has 4 nitrogen and oxygen atoms in total. The van der Waals surface area contributed by atoms with Crippen LogP contribution in [0, 0.1) is 0 Å². The summed E-state index contributed by atoms with van der Waals surface area (Å²) in [6.45, 7) is 3.92. The van der Waals surface area contributed by atoms with Crippen molar-refractivity contribution in [2.24, 2.45) is 0 Å². The molecule has 24 heavy (non-hydrogen) atoms. The second-order valence-corrected chi connectivity index (χ2v) is 7.17. The van der Waals surface area contributed by atoms with Gasteiger partial charge in [0.05, 0.1) is 5.56 Å². The fourth-order valence-corrected chi connectivity index (χ4v) is 4.48. The second-order valence-electron chi connectivity index (χ2n) is 7.17. The summed E-state index contributed by atoms with van der Waals surface area (Å²) in [6, 6.07) is 4.23. The minimum atomic E-state index is -0.215. The van der Waals surface area contributed by atoms with Crippen LogP contribution in [-0.4, -0.2) is 22.6 Å². The van der Waals surface area contributed by atoms with Crippen molar-refractivity contribution in [1.29, 1.82) is 0 Å². The lowest BCUT2D eigenvalue weighted by Crippen LogP contribution is -2.38. The number of piperidine rings is 1. The first-order valence-corrected chi connectivity index (χ1v) is 9.22. The number of fused-ring (bicyclic) bond motifs is 3. The van der Waals surface area contributed by atoms with Gasteiger partial charge in [-0.15, -0.1) is 0 Å². The molecule has 0 amide bonds. The molecule has 0 saturated carbocycles. The van der Waals surface area contributed by atoms with Gasteiger partial charge in [0.1, 0.15) is 11.3 Å². The van der Waals surface area contributed by atoms with E-state index >= 15 is 0 Å². The van der Waals surface area contributed by atoms with E-state index in [1.54, 1.807) is 6.07 Å². The van der Waals surface area contributed by atoms with Crippen LogP contribution in [-0.2, 0) is 19.4 Å². The van der Waals surface area contributed by atoms with Crippen LogP contribution in [0.3, 0.4) is 0 Å². The molecule has 1 N–H and O–H groups in total. The van der Waals surface area contributed by atoms with Gasteiger partial charge in [0.15, 0.2) is 0 Å². The summed E-state index contributed by atoms with van der Waals surface area (Å²) in [5.41, 5.74) is 3.13. The third-order valence-corrected chi connectivity index (χ3v) is 5.80. The van der Waals surface area contributed by atoms with E-state index in [0.717, 1.165) is 54.3 Å². The number of likely N-dealkylation sites (tertiary alicyclic amines) is 1. The van der Waals surface area contributed by atoms with Crippen molar-refractivity contribution in [3.05, 3.63) is 39.2 Å². The van der Waals surface area contributed by atoms with Gasteiger partial charge in [-0.1, -0.05) is 13.3 Å². The van der Waals surface area contributed by atoms with Crippen LogP contribution in [0.2, 0.25) is 0 Å². The molecule has 1 aliphatic carbocycles. The van der Waals surface area contributed by atoms with Crippen LogP contribution >= 0.6 is 0 Å². The smallest absolute Gasteiger partial charge is 0.339 e. The summed E-state index contributed by atoms with van der Waals surface area (Å²) in [5, 5.41) is 11.5. The lowest BCUT2D eigenvalue weighted by atomic mass is 9.97. The number of phenolic OH excluding ortho intramolecular Hbond substituents is 1. The van der Waals surface area contributed by atoms with Crippen LogP contribution in [0.4, 0.5) is 0 Å². The Morgan fingerprint density at radius 3 is 2.88 bits per heavy atom. The van der Waals surface area contributed by atoms with Crippen molar-refractivity contribution in [2.45, 2.75) is 64.5 Å². The maximum Gasteiger partial charge on any atom is 0.339 e. The van der Waals surface area contributed by atoms with Crippen LogP contribution in [0.15, 0.2) is 21.3 Å². The van der Waals surface area contributed by atoms with Crippen molar-refractivity contribution in [3.8, 4) is 5.75 Å². The van der Waals surface area contributed by atoms with E-state index < -0.39 is 0 Å². The van der Waals surface area contributed by atoms with Gasteiger partial charge in [-0.2, -0.15) is 0 Å². The van der Waals surface area contributed by atoms with Crippen LogP contribution in [0.25, 0.3) is 11.0 Å². The minimum Gasteiger partial charge on any atom is -0.507 e. The highest BCUT2D eigenvalue weighted by molar-refractivity contribution is 5.86. The molecule has 1 atom stereocenters. The van der Waals surface area contributed by atoms with Crippen molar-refractivity contribution < 1.29 is 9.52 Å². The summed E-state index contributed by atoms with van der Waals surface area (Å²) < 4.78 is 5.68. The summed E-state index contributed by atoms with van der Waals surface area (Å²) in [6.07, 6.45) is 7.56. The fourth-order valence-electron chi connectivity index (χ4n) is 4.48. The van der Waals surface area contributed by atoms with Gasteiger partial charge in [0, 0.05) is 23.5 Å². The van der Waals surface area contributed by atoms with E-state index in [1.165, 1.54) is 19.3 Å². The Morgan fingerprint density at radius 1 is 1.21 bits per heavy atom. The van der Waals surface area contributed by atoms with E-state index in [0.29, 0.717) is 18.2 Å². The molecule has 2 aliphatic rings. The Labute approximate surface area is 142 Å². The van der Waals surface area contributed by atoms with Crippen molar-refractivity contribution in [2.75, 3.05) is 6.54 Å². The van der Waals surface area contributed by atoms with Gasteiger partial charge in [-0.25, -0.2) is 4.79 Å². The number of phenols is 1. The number of rotatable bonds is 3. The highest BCUT2D eigenvalue weighted by Gasteiger charge is 2.26. The summed E-state index contributed by atoms with van der Waals surface area (Å²) in [5.74, 6) is 0.240. The van der Waals surface area contributed by atoms with Gasteiger partial charge in [0.2, 0.25) is 0 Å². The molecule has 0 radical (unpaired) electrons. The number of benzene rings is 1. The summed E-state index contributed by atoms with van der Waals surface area (Å²) in [7, 11) is 0. The highest BCUT2D eigenvalue weighted by Crippen LogP contribution is 2.34. The average Bonchev–Trinajstić information content (AvgIpc) is 3.09. The quantitative estimate of drug-likeness (QED) is 0.872. The zero-order chi connectivity index (χ0) is 16.7. The molecule has 128 valence electrons. The Morgan fingerprint density at radius 2 is 2.04 bits per heavy atom. The molecule has 2 aromatic rings. The number of aromatic hydroxyl groups is 1. The fraction of sp³-hybridized carbons (Fsp3) is 0.550. The molecule has 1 aromatic heterocycles. The number of hydrogen-bond acceptors (Lipinski definition) is 4.